The van der Waals surface area contributed by atoms with Gasteiger partial charge < -0.3 is 4.90 Å². The van der Waals surface area contributed by atoms with Crippen molar-refractivity contribution in [3.8, 4) is 0 Å². The van der Waals surface area contributed by atoms with Crippen LogP contribution in [-0.2, 0) is 5.92 Å². The Morgan fingerprint density at radius 2 is 1.14 bits per heavy atom. The molecule has 0 aliphatic carbocycles. The average molecular weight is 567 g/mol. The average Bonchev–Trinajstić information content (AvgIpc) is 2.69. The molecule has 0 N–H and O–H groups in total. The molecule has 36 heavy (non-hydrogen) atoms. The van der Waals surface area contributed by atoms with Crippen molar-refractivity contribution in [1.82, 2.24) is 0 Å². The van der Waals surface area contributed by atoms with Crippen LogP contribution in [0.25, 0.3) is 0 Å². The number of rotatable bonds is 10. The lowest BCUT2D eigenvalue weighted by atomic mass is 10.0. The summed E-state index contributed by atoms with van der Waals surface area (Å²) in [5.41, 5.74) is -6.35. The lowest BCUT2D eigenvalue weighted by molar-refractivity contribution is -0.395. The molecule has 0 aliphatic rings. The number of nitrogens with zero attached hydrogens (tertiary/aromatic N) is 1. The molecule has 1 aromatic carbocycles. The van der Waals surface area contributed by atoms with E-state index >= 15 is 0 Å². The fourth-order valence-electron chi connectivity index (χ4n) is 2.85. The summed E-state index contributed by atoms with van der Waals surface area (Å²) in [6, 6.07) is -7.84. The predicted molar refractivity (Wildman–Crippen MR) is 88.6 cm³/mol. The Kier molecular flexibility index (Phi) is 8.80. The van der Waals surface area contributed by atoms with Gasteiger partial charge in [-0.15, -0.1) is 0 Å². The zero-order valence-corrected chi connectivity index (χ0v) is 17.5. The summed E-state index contributed by atoms with van der Waals surface area (Å²) in [4.78, 5) is -1.73. The first-order chi connectivity index (χ1) is 15.9. The van der Waals surface area contributed by atoms with Crippen LogP contribution < -0.4 is 4.90 Å². The number of hydrogen-bond donors (Lipinski definition) is 0. The van der Waals surface area contributed by atoms with Crippen LogP contribution in [0.4, 0.5) is 80.3 Å². The van der Waals surface area contributed by atoms with Crippen molar-refractivity contribution in [2.24, 2.45) is 0 Å². The third-order valence-electron chi connectivity index (χ3n) is 4.80. The molecule has 0 radical (unpaired) electrons. The van der Waals surface area contributed by atoms with Crippen molar-refractivity contribution >= 4 is 5.69 Å². The van der Waals surface area contributed by atoms with Crippen LogP contribution in [0.15, 0.2) is 6.07 Å². The number of hydrogen-bond acceptors (Lipinski definition) is 1. The molecule has 0 fully saturated rings. The zero-order chi connectivity index (χ0) is 28.7. The first-order valence-corrected chi connectivity index (χ1v) is 9.51. The van der Waals surface area contributed by atoms with Gasteiger partial charge in [-0.05, 0) is 6.42 Å². The van der Waals surface area contributed by atoms with E-state index in [0.717, 1.165) is 0 Å². The Morgan fingerprint density at radius 1 is 0.639 bits per heavy atom. The van der Waals surface area contributed by atoms with Crippen LogP contribution in [-0.4, -0.2) is 36.8 Å². The van der Waals surface area contributed by atoms with Crippen LogP contribution in [0.3, 0.4) is 0 Å². The first kappa shape index (κ1) is 31.9. The standard InChI is InChI=1S/C18H14F17N/c1-2-3-4-5-6-36(18(34,35)15(26,27)14(24,25)17(31,32)33)9-7-8(19)11(20)10(12(9)21)13(22,23)16(28,29)30/h7H,2-6H2,1H3. The molecule has 0 amide bonds. The number of benzene rings is 1. The molecule has 1 nitrogen and oxygen atoms in total. The van der Waals surface area contributed by atoms with Crippen LogP contribution in [0.5, 0.6) is 0 Å². The topological polar surface area (TPSA) is 3.24 Å². The lowest BCUT2D eigenvalue weighted by Gasteiger charge is -2.41. The number of anilines is 1. The Morgan fingerprint density at radius 3 is 1.56 bits per heavy atom. The molecule has 0 unspecified atom stereocenters. The van der Waals surface area contributed by atoms with E-state index in [2.05, 4.69) is 0 Å². The Bertz CT molecular complexity index is 916. The van der Waals surface area contributed by atoms with Crippen molar-refractivity contribution in [3.05, 3.63) is 29.1 Å². The van der Waals surface area contributed by atoms with Gasteiger partial charge in [0.1, 0.15) is 5.56 Å². The summed E-state index contributed by atoms with van der Waals surface area (Å²) in [5, 5.41) is 0. The molecule has 1 aromatic rings. The van der Waals surface area contributed by atoms with E-state index in [0.29, 0.717) is 0 Å². The third kappa shape index (κ3) is 5.26. The molecule has 0 saturated heterocycles. The second-order valence-corrected chi connectivity index (χ2v) is 7.35. The van der Waals surface area contributed by atoms with Gasteiger partial charge in [0, 0.05) is 12.6 Å². The lowest BCUT2D eigenvalue weighted by Crippen LogP contribution is -2.67. The molecule has 0 heterocycles. The van der Waals surface area contributed by atoms with Gasteiger partial charge in [0.2, 0.25) is 0 Å². The number of halogens is 17. The van der Waals surface area contributed by atoms with Gasteiger partial charge in [-0.25, -0.2) is 13.2 Å². The summed E-state index contributed by atoms with van der Waals surface area (Å²) < 4.78 is 228. The predicted octanol–water partition coefficient (Wildman–Crippen LogP) is 8.57. The van der Waals surface area contributed by atoms with Gasteiger partial charge in [0.05, 0.1) is 5.69 Å². The van der Waals surface area contributed by atoms with Crippen molar-refractivity contribution in [1.29, 1.82) is 0 Å². The first-order valence-electron chi connectivity index (χ1n) is 9.51. The van der Waals surface area contributed by atoms with Gasteiger partial charge in [-0.1, -0.05) is 26.2 Å². The monoisotopic (exact) mass is 567 g/mol. The Labute approximate surface area is 190 Å². The second kappa shape index (κ2) is 9.95. The van der Waals surface area contributed by atoms with E-state index in [1.54, 1.807) is 0 Å². The third-order valence-corrected chi connectivity index (χ3v) is 4.80. The largest absolute Gasteiger partial charge is 0.460 e. The zero-order valence-electron chi connectivity index (χ0n) is 17.5. The van der Waals surface area contributed by atoms with Crippen molar-refractivity contribution in [2.75, 3.05) is 11.4 Å². The molecule has 18 heteroatoms. The van der Waals surface area contributed by atoms with E-state index < -0.39 is 88.8 Å². The van der Waals surface area contributed by atoms with E-state index in [-0.39, 0.29) is 19.3 Å². The highest BCUT2D eigenvalue weighted by Crippen LogP contribution is 2.56. The van der Waals surface area contributed by atoms with Gasteiger partial charge in [0.25, 0.3) is 0 Å². The van der Waals surface area contributed by atoms with Crippen LogP contribution in [0.2, 0.25) is 0 Å². The summed E-state index contributed by atoms with van der Waals surface area (Å²) in [5.74, 6) is -31.5. The molecule has 1 rings (SSSR count). The fraction of sp³-hybridized carbons (Fsp3) is 0.667. The smallest absolute Gasteiger partial charge is 0.305 e. The summed E-state index contributed by atoms with van der Waals surface area (Å²) in [6.07, 6.45) is -15.1. The fourth-order valence-corrected chi connectivity index (χ4v) is 2.85. The van der Waals surface area contributed by atoms with E-state index in [9.17, 15) is 74.6 Å². The molecule has 0 aliphatic heterocycles. The minimum Gasteiger partial charge on any atom is -0.305 e. The molecular weight excluding hydrogens is 553 g/mol. The van der Waals surface area contributed by atoms with Gasteiger partial charge in [-0.3, -0.25) is 0 Å². The highest BCUT2D eigenvalue weighted by molar-refractivity contribution is 5.54. The highest BCUT2D eigenvalue weighted by Gasteiger charge is 2.83. The SMILES string of the molecule is CCCCCCN(c1cc(F)c(F)c(C(F)(F)C(F)(F)F)c1F)C(F)(F)C(F)(F)C(F)(F)C(F)(F)F. The minimum absolute atomic E-state index is 0.0617. The quantitative estimate of drug-likeness (QED) is 0.119. The Hall–Kier alpha value is -2.17. The van der Waals surface area contributed by atoms with Crippen LogP contribution in [0, 0.1) is 17.5 Å². The maximum Gasteiger partial charge on any atom is 0.460 e. The van der Waals surface area contributed by atoms with Gasteiger partial charge >= 0.3 is 36.2 Å². The van der Waals surface area contributed by atoms with E-state index in [1.807, 2.05) is 0 Å². The minimum atomic E-state index is -7.57. The molecule has 0 atom stereocenters. The molecule has 0 aromatic heterocycles. The number of unbranched alkanes of at least 4 members (excludes halogenated alkanes) is 3. The molecule has 0 spiro atoms. The van der Waals surface area contributed by atoms with Crippen LogP contribution >= 0.6 is 0 Å². The van der Waals surface area contributed by atoms with Crippen molar-refractivity contribution < 1.29 is 74.6 Å². The maximum absolute atomic E-state index is 14.6. The van der Waals surface area contributed by atoms with Crippen molar-refractivity contribution in [2.45, 2.75) is 68.8 Å². The maximum atomic E-state index is 14.6. The molecule has 0 saturated carbocycles. The Balaban J connectivity index is 3.96. The van der Waals surface area contributed by atoms with Crippen molar-refractivity contribution in [3.63, 3.8) is 0 Å². The van der Waals surface area contributed by atoms with E-state index in [1.165, 1.54) is 6.92 Å². The normalized spacial score (nSPS) is 14.4. The highest BCUT2D eigenvalue weighted by atomic mass is 19.4. The second-order valence-electron chi connectivity index (χ2n) is 7.35. The van der Waals surface area contributed by atoms with Gasteiger partial charge in [0.15, 0.2) is 17.5 Å². The summed E-state index contributed by atoms with van der Waals surface area (Å²) in [6.45, 7) is -0.402. The number of alkyl halides is 14. The van der Waals surface area contributed by atoms with Crippen LogP contribution in [0.1, 0.15) is 38.2 Å². The molecular formula is C18H14F17N. The summed E-state index contributed by atoms with van der Waals surface area (Å²) >= 11 is 0. The molecule has 210 valence electrons. The summed E-state index contributed by atoms with van der Waals surface area (Å²) in [7, 11) is 0. The van der Waals surface area contributed by atoms with E-state index in [4.69, 9.17) is 0 Å². The van der Waals surface area contributed by atoms with Gasteiger partial charge in [-0.2, -0.15) is 61.5 Å². The molecule has 0 bridgehead atoms.